The Bertz CT molecular complexity index is 2880. The highest BCUT2D eigenvalue weighted by Crippen LogP contribution is 2.41. The van der Waals surface area contributed by atoms with Crippen molar-refractivity contribution >= 4 is 64.6 Å². The monoisotopic (exact) mass is 606 g/mol. The fraction of sp³-hybridized carbons (Fsp3) is 0. The molecule has 0 amide bonds. The topological polar surface area (TPSA) is 0 Å². The van der Waals surface area contributed by atoms with E-state index in [2.05, 4.69) is 182 Å². The molecule has 48 heavy (non-hydrogen) atoms. The van der Waals surface area contributed by atoms with Gasteiger partial charge >= 0.3 is 0 Å². The van der Waals surface area contributed by atoms with Crippen LogP contribution in [0.3, 0.4) is 0 Å². The van der Waals surface area contributed by atoms with E-state index in [0.29, 0.717) is 0 Å². The molecule has 0 aliphatic carbocycles. The third-order valence-electron chi connectivity index (χ3n) is 10.2. The van der Waals surface area contributed by atoms with Gasteiger partial charge in [-0.3, -0.25) is 0 Å². The first-order valence-corrected chi connectivity index (χ1v) is 16.7. The lowest BCUT2D eigenvalue weighted by Crippen LogP contribution is -1.88. The summed E-state index contributed by atoms with van der Waals surface area (Å²) in [6, 6.07) is 67.2. The summed E-state index contributed by atoms with van der Waals surface area (Å²) in [7, 11) is 0. The molecule has 222 valence electrons. The zero-order valence-electron chi connectivity index (χ0n) is 26.3. The van der Waals surface area contributed by atoms with Gasteiger partial charge in [-0.15, -0.1) is 0 Å². The standard InChI is InChI=1S/C48H30/c1-2-10-31(11-3-1)45-28-33-13-4-5-14-34(33)29-46(45)37-21-23-40-35(26-37)18-19-36-27-38(22-24-41(36)40)47-30-48-39-15-7-6-12-32(39)20-25-44(48)42-16-8-9-17-43(42)47/h1-30H. The molecule has 0 heterocycles. The van der Waals surface area contributed by atoms with Crippen molar-refractivity contribution in [3.63, 3.8) is 0 Å². The predicted octanol–water partition coefficient (Wildman–Crippen LogP) is 13.6. The molecule has 0 bridgehead atoms. The van der Waals surface area contributed by atoms with Gasteiger partial charge in [0.2, 0.25) is 0 Å². The van der Waals surface area contributed by atoms with Crippen LogP contribution in [0.25, 0.3) is 98.0 Å². The van der Waals surface area contributed by atoms with Crippen LogP contribution in [0.15, 0.2) is 182 Å². The smallest absolute Gasteiger partial charge is 0.00928 e. The van der Waals surface area contributed by atoms with Crippen LogP contribution in [0.2, 0.25) is 0 Å². The minimum atomic E-state index is 1.23. The van der Waals surface area contributed by atoms with Gasteiger partial charge in [0.25, 0.3) is 0 Å². The second kappa shape index (κ2) is 10.7. The molecule has 0 heteroatoms. The molecule has 10 aromatic rings. The largest absolute Gasteiger partial charge is 0.0622 e. The van der Waals surface area contributed by atoms with Gasteiger partial charge in [-0.2, -0.15) is 0 Å². The van der Waals surface area contributed by atoms with Crippen molar-refractivity contribution in [1.29, 1.82) is 0 Å². The van der Waals surface area contributed by atoms with Crippen molar-refractivity contribution in [2.45, 2.75) is 0 Å². The maximum absolute atomic E-state index is 2.41. The molecular formula is C48H30. The Morgan fingerprint density at radius 2 is 0.646 bits per heavy atom. The van der Waals surface area contributed by atoms with Crippen LogP contribution in [0.1, 0.15) is 0 Å². The molecule has 0 atom stereocenters. The molecule has 0 aliphatic rings. The van der Waals surface area contributed by atoms with E-state index in [1.807, 2.05) is 0 Å². The first-order valence-electron chi connectivity index (χ1n) is 16.7. The molecule has 0 radical (unpaired) electrons. The molecule has 0 N–H and O–H groups in total. The fourth-order valence-corrected chi connectivity index (χ4v) is 7.84. The van der Waals surface area contributed by atoms with Crippen molar-refractivity contribution in [1.82, 2.24) is 0 Å². The Morgan fingerprint density at radius 3 is 1.33 bits per heavy atom. The maximum Gasteiger partial charge on any atom is -0.00928 e. The Kier molecular flexibility index (Phi) is 5.98. The Morgan fingerprint density at radius 1 is 0.188 bits per heavy atom. The lowest BCUT2D eigenvalue weighted by molar-refractivity contribution is 1.62. The molecule has 0 aliphatic heterocycles. The first-order chi connectivity index (χ1) is 23.8. The molecule has 0 spiro atoms. The zero-order chi connectivity index (χ0) is 31.6. The summed E-state index contributed by atoms with van der Waals surface area (Å²) in [6.07, 6.45) is 0. The van der Waals surface area contributed by atoms with E-state index in [9.17, 15) is 0 Å². The Labute approximate surface area is 279 Å². The second-order valence-corrected chi connectivity index (χ2v) is 12.9. The number of hydrogen-bond acceptors (Lipinski definition) is 0. The SMILES string of the molecule is c1ccc(-c2cc3ccccc3cc2-c2ccc3c(ccc4cc(-c5cc6c7ccccc7ccc6c6ccccc56)ccc43)c2)cc1. The van der Waals surface area contributed by atoms with E-state index in [-0.39, 0.29) is 0 Å². The van der Waals surface area contributed by atoms with Crippen LogP contribution >= 0.6 is 0 Å². The van der Waals surface area contributed by atoms with Crippen molar-refractivity contribution < 1.29 is 0 Å². The van der Waals surface area contributed by atoms with Gasteiger partial charge in [0, 0.05) is 0 Å². The summed E-state index contributed by atoms with van der Waals surface area (Å²) in [5, 5.41) is 15.3. The minimum absolute atomic E-state index is 1.23. The highest BCUT2D eigenvalue weighted by Gasteiger charge is 2.14. The Hall–Kier alpha value is -6.24. The molecular weight excluding hydrogens is 577 g/mol. The van der Waals surface area contributed by atoms with Gasteiger partial charge in [-0.05, 0) is 128 Å². The summed E-state index contributed by atoms with van der Waals surface area (Å²) in [4.78, 5) is 0. The van der Waals surface area contributed by atoms with Crippen LogP contribution in [0.4, 0.5) is 0 Å². The molecule has 0 nitrogen and oxygen atoms in total. The van der Waals surface area contributed by atoms with Gasteiger partial charge in [0.15, 0.2) is 0 Å². The van der Waals surface area contributed by atoms with Gasteiger partial charge in [0.1, 0.15) is 0 Å². The lowest BCUT2D eigenvalue weighted by Gasteiger charge is -2.15. The molecule has 0 fully saturated rings. The third kappa shape index (κ3) is 4.24. The van der Waals surface area contributed by atoms with Crippen molar-refractivity contribution in [3.05, 3.63) is 182 Å². The van der Waals surface area contributed by atoms with E-state index in [0.717, 1.165) is 0 Å². The van der Waals surface area contributed by atoms with E-state index in [1.165, 1.54) is 98.0 Å². The van der Waals surface area contributed by atoms with Crippen LogP contribution in [-0.2, 0) is 0 Å². The number of hydrogen-bond donors (Lipinski definition) is 0. The average Bonchev–Trinajstić information content (AvgIpc) is 3.16. The van der Waals surface area contributed by atoms with Crippen molar-refractivity contribution in [3.8, 4) is 33.4 Å². The van der Waals surface area contributed by atoms with Gasteiger partial charge in [-0.1, -0.05) is 152 Å². The molecule has 0 saturated heterocycles. The lowest BCUT2D eigenvalue weighted by atomic mass is 9.89. The van der Waals surface area contributed by atoms with Crippen molar-refractivity contribution in [2.24, 2.45) is 0 Å². The second-order valence-electron chi connectivity index (χ2n) is 12.9. The summed E-state index contributed by atoms with van der Waals surface area (Å²) >= 11 is 0. The predicted molar refractivity (Wildman–Crippen MR) is 208 cm³/mol. The van der Waals surface area contributed by atoms with Crippen LogP contribution in [0, 0.1) is 0 Å². The van der Waals surface area contributed by atoms with Crippen LogP contribution in [0.5, 0.6) is 0 Å². The van der Waals surface area contributed by atoms with E-state index in [1.54, 1.807) is 0 Å². The maximum atomic E-state index is 2.41. The van der Waals surface area contributed by atoms with Crippen LogP contribution < -0.4 is 0 Å². The summed E-state index contributed by atoms with van der Waals surface area (Å²) < 4.78 is 0. The van der Waals surface area contributed by atoms with Crippen molar-refractivity contribution in [2.75, 3.05) is 0 Å². The number of fused-ring (bicyclic) bond motifs is 9. The molecule has 0 unspecified atom stereocenters. The zero-order valence-corrected chi connectivity index (χ0v) is 26.3. The van der Waals surface area contributed by atoms with E-state index in [4.69, 9.17) is 0 Å². The molecule has 10 rings (SSSR count). The highest BCUT2D eigenvalue weighted by atomic mass is 14.2. The summed E-state index contributed by atoms with van der Waals surface area (Å²) in [5.41, 5.74) is 7.50. The quantitative estimate of drug-likeness (QED) is 0.176. The number of benzene rings is 10. The first kappa shape index (κ1) is 26.9. The summed E-state index contributed by atoms with van der Waals surface area (Å²) in [5.74, 6) is 0. The molecule has 10 aromatic carbocycles. The summed E-state index contributed by atoms with van der Waals surface area (Å²) in [6.45, 7) is 0. The van der Waals surface area contributed by atoms with Crippen LogP contribution in [-0.4, -0.2) is 0 Å². The fourth-order valence-electron chi connectivity index (χ4n) is 7.84. The van der Waals surface area contributed by atoms with E-state index >= 15 is 0 Å². The molecule has 0 aromatic heterocycles. The third-order valence-corrected chi connectivity index (χ3v) is 10.2. The Balaban J connectivity index is 1.14. The highest BCUT2D eigenvalue weighted by molar-refractivity contribution is 6.21. The minimum Gasteiger partial charge on any atom is -0.0622 e. The molecule has 0 saturated carbocycles. The average molecular weight is 607 g/mol. The van der Waals surface area contributed by atoms with Gasteiger partial charge < -0.3 is 0 Å². The van der Waals surface area contributed by atoms with E-state index < -0.39 is 0 Å². The van der Waals surface area contributed by atoms with Gasteiger partial charge in [0.05, 0.1) is 0 Å². The van der Waals surface area contributed by atoms with Gasteiger partial charge in [-0.25, -0.2) is 0 Å². The number of rotatable bonds is 3. The normalized spacial score (nSPS) is 11.8.